The number of hydrogen-bond donors (Lipinski definition) is 0. The van der Waals surface area contributed by atoms with Gasteiger partial charge in [-0.05, 0) is 39.3 Å². The van der Waals surface area contributed by atoms with E-state index in [0.717, 1.165) is 5.56 Å². The molecule has 2 rings (SSSR count). The second-order valence-electron chi connectivity index (χ2n) is 6.61. The van der Waals surface area contributed by atoms with Crippen LogP contribution in [0, 0.1) is 0 Å². The molecule has 0 aromatic heterocycles. The first kappa shape index (κ1) is 16.1. The minimum atomic E-state index is -0.287. The number of benzene rings is 1. The van der Waals surface area contributed by atoms with E-state index in [2.05, 4.69) is 34.6 Å². The average molecular weight is 288 g/mol. The van der Waals surface area contributed by atoms with E-state index in [1.54, 1.807) is 6.26 Å². The maximum absolute atomic E-state index is 6.01. The molecule has 1 heterocycles. The first-order valence-corrected chi connectivity index (χ1v) is 7.50. The molecule has 0 saturated carbocycles. The normalized spacial score (nSPS) is 21.7. The maximum atomic E-state index is 6.01. The van der Waals surface area contributed by atoms with Gasteiger partial charge in [0.15, 0.2) is 0 Å². The fourth-order valence-corrected chi connectivity index (χ4v) is 2.09. The standard InChI is InChI=1S/C17H25BO3/c1-14(18-20-16(2,3)17(4,5)21-18)11-12-19-13-15-9-7-6-8-10-15/h6-12,14H,13H2,1-5H3/b12-11+/t14-/m0/s1. The molecule has 0 unspecified atom stereocenters. The third-order valence-corrected chi connectivity index (χ3v) is 4.27. The van der Waals surface area contributed by atoms with Crippen LogP contribution in [0.25, 0.3) is 0 Å². The summed E-state index contributed by atoms with van der Waals surface area (Å²) in [5.41, 5.74) is 0.584. The molecule has 0 radical (unpaired) electrons. The fourth-order valence-electron chi connectivity index (χ4n) is 2.09. The minimum Gasteiger partial charge on any atom is -0.497 e. The Bertz CT molecular complexity index is 466. The molecule has 114 valence electrons. The maximum Gasteiger partial charge on any atom is 0.465 e. The Balaban J connectivity index is 1.82. The lowest BCUT2D eigenvalue weighted by molar-refractivity contribution is 0.00578. The predicted octanol–water partition coefficient (Wildman–Crippen LogP) is 4.20. The Morgan fingerprint density at radius 2 is 1.67 bits per heavy atom. The van der Waals surface area contributed by atoms with Crippen molar-refractivity contribution in [3.8, 4) is 0 Å². The fraction of sp³-hybridized carbons (Fsp3) is 0.529. The molecule has 1 fully saturated rings. The van der Waals surface area contributed by atoms with Crippen LogP contribution in [0.4, 0.5) is 0 Å². The van der Waals surface area contributed by atoms with E-state index in [4.69, 9.17) is 14.0 Å². The second kappa shape index (κ2) is 6.24. The highest BCUT2D eigenvalue weighted by atomic mass is 16.7. The first-order valence-electron chi connectivity index (χ1n) is 7.50. The molecular weight excluding hydrogens is 263 g/mol. The molecule has 1 aliphatic rings. The lowest BCUT2D eigenvalue weighted by Crippen LogP contribution is -2.41. The van der Waals surface area contributed by atoms with E-state index in [9.17, 15) is 0 Å². The quantitative estimate of drug-likeness (QED) is 0.600. The van der Waals surface area contributed by atoms with Crippen molar-refractivity contribution in [3.05, 3.63) is 48.2 Å². The van der Waals surface area contributed by atoms with E-state index in [0.29, 0.717) is 6.61 Å². The lowest BCUT2D eigenvalue weighted by Gasteiger charge is -2.32. The van der Waals surface area contributed by atoms with Crippen molar-refractivity contribution in [1.82, 2.24) is 0 Å². The smallest absolute Gasteiger partial charge is 0.465 e. The molecule has 4 heteroatoms. The third kappa shape index (κ3) is 3.89. The molecule has 0 spiro atoms. The summed E-state index contributed by atoms with van der Waals surface area (Å²) in [7, 11) is -0.230. The van der Waals surface area contributed by atoms with Crippen molar-refractivity contribution in [2.45, 2.75) is 58.2 Å². The summed E-state index contributed by atoms with van der Waals surface area (Å²) >= 11 is 0. The molecule has 0 amide bonds. The highest BCUT2D eigenvalue weighted by Crippen LogP contribution is 2.40. The number of rotatable bonds is 5. The molecule has 3 nitrogen and oxygen atoms in total. The van der Waals surface area contributed by atoms with Gasteiger partial charge in [-0.3, -0.25) is 0 Å². The summed E-state index contributed by atoms with van der Waals surface area (Å²) in [6, 6.07) is 10.1. The van der Waals surface area contributed by atoms with E-state index < -0.39 is 0 Å². The number of allylic oxidation sites excluding steroid dienone is 1. The van der Waals surface area contributed by atoms with Gasteiger partial charge in [-0.2, -0.15) is 0 Å². The summed E-state index contributed by atoms with van der Waals surface area (Å²) in [5.74, 6) is 0.141. The highest BCUT2D eigenvalue weighted by Gasteiger charge is 2.52. The molecule has 0 aliphatic carbocycles. The molecule has 1 saturated heterocycles. The molecule has 1 aromatic carbocycles. The Morgan fingerprint density at radius 3 is 2.24 bits per heavy atom. The summed E-state index contributed by atoms with van der Waals surface area (Å²) in [5, 5.41) is 0. The van der Waals surface area contributed by atoms with E-state index in [1.807, 2.05) is 36.4 Å². The van der Waals surface area contributed by atoms with Crippen LogP contribution in [0.2, 0.25) is 5.82 Å². The second-order valence-corrected chi connectivity index (χ2v) is 6.61. The van der Waals surface area contributed by atoms with Gasteiger partial charge in [-0.1, -0.05) is 37.3 Å². The largest absolute Gasteiger partial charge is 0.497 e. The van der Waals surface area contributed by atoms with E-state index in [1.165, 1.54) is 0 Å². The molecule has 21 heavy (non-hydrogen) atoms. The first-order chi connectivity index (χ1) is 9.82. The highest BCUT2D eigenvalue weighted by molar-refractivity contribution is 6.48. The van der Waals surface area contributed by atoms with Gasteiger partial charge in [0, 0.05) is 5.82 Å². The van der Waals surface area contributed by atoms with Crippen LogP contribution in [0.3, 0.4) is 0 Å². The zero-order valence-electron chi connectivity index (χ0n) is 13.6. The number of ether oxygens (including phenoxy) is 1. The van der Waals surface area contributed by atoms with Crippen molar-refractivity contribution >= 4 is 7.12 Å². The van der Waals surface area contributed by atoms with Gasteiger partial charge in [-0.25, -0.2) is 0 Å². The Morgan fingerprint density at radius 1 is 1.10 bits per heavy atom. The van der Waals surface area contributed by atoms with Crippen LogP contribution in [0.1, 0.15) is 40.2 Å². The van der Waals surface area contributed by atoms with E-state index >= 15 is 0 Å². The van der Waals surface area contributed by atoms with Crippen molar-refractivity contribution in [2.75, 3.05) is 0 Å². The summed E-state index contributed by atoms with van der Waals surface area (Å²) < 4.78 is 17.6. The van der Waals surface area contributed by atoms with Gasteiger partial charge in [0.2, 0.25) is 0 Å². The van der Waals surface area contributed by atoms with Crippen molar-refractivity contribution < 1.29 is 14.0 Å². The summed E-state index contributed by atoms with van der Waals surface area (Å²) in [6.45, 7) is 10.9. The van der Waals surface area contributed by atoms with E-state index in [-0.39, 0.29) is 24.1 Å². The molecular formula is C17H25BO3. The van der Waals surface area contributed by atoms with Crippen LogP contribution in [-0.4, -0.2) is 18.3 Å². The zero-order valence-corrected chi connectivity index (χ0v) is 13.6. The Hall–Kier alpha value is -1.26. The van der Waals surface area contributed by atoms with Crippen LogP contribution in [0.15, 0.2) is 42.7 Å². The third-order valence-electron chi connectivity index (χ3n) is 4.27. The van der Waals surface area contributed by atoms with Crippen LogP contribution >= 0.6 is 0 Å². The van der Waals surface area contributed by atoms with Gasteiger partial charge >= 0.3 is 7.12 Å². The van der Waals surface area contributed by atoms with Crippen molar-refractivity contribution in [2.24, 2.45) is 0 Å². The molecule has 0 bridgehead atoms. The van der Waals surface area contributed by atoms with Gasteiger partial charge in [-0.15, -0.1) is 0 Å². The van der Waals surface area contributed by atoms with Crippen LogP contribution in [0.5, 0.6) is 0 Å². The molecule has 1 atom stereocenters. The van der Waals surface area contributed by atoms with Crippen LogP contribution < -0.4 is 0 Å². The zero-order chi connectivity index (χ0) is 15.5. The number of hydrogen-bond acceptors (Lipinski definition) is 3. The van der Waals surface area contributed by atoms with Crippen molar-refractivity contribution in [3.63, 3.8) is 0 Å². The van der Waals surface area contributed by atoms with Gasteiger partial charge in [0.05, 0.1) is 17.5 Å². The molecule has 1 aliphatic heterocycles. The summed E-state index contributed by atoms with van der Waals surface area (Å²) in [6.07, 6.45) is 3.73. The SMILES string of the molecule is C[C@@H](/C=C/OCc1ccccc1)B1OC(C)(C)C(C)(C)O1. The molecule has 1 aromatic rings. The summed E-state index contributed by atoms with van der Waals surface area (Å²) in [4.78, 5) is 0. The van der Waals surface area contributed by atoms with Gasteiger partial charge < -0.3 is 14.0 Å². The minimum absolute atomic E-state index is 0.141. The Kier molecular flexibility index (Phi) is 4.79. The predicted molar refractivity (Wildman–Crippen MR) is 85.9 cm³/mol. The van der Waals surface area contributed by atoms with Crippen molar-refractivity contribution in [1.29, 1.82) is 0 Å². The average Bonchev–Trinajstić information content (AvgIpc) is 2.65. The van der Waals surface area contributed by atoms with Gasteiger partial charge in [0.25, 0.3) is 0 Å². The van der Waals surface area contributed by atoms with Gasteiger partial charge in [0.1, 0.15) is 6.61 Å². The monoisotopic (exact) mass is 288 g/mol. The lowest BCUT2D eigenvalue weighted by atomic mass is 9.73. The topological polar surface area (TPSA) is 27.7 Å². The molecule has 0 N–H and O–H groups in total. The van der Waals surface area contributed by atoms with Crippen LogP contribution in [-0.2, 0) is 20.7 Å². The Labute approximate surface area is 128 Å².